The number of hydrogen-bond donors (Lipinski definition) is 0. The van der Waals surface area contributed by atoms with Crippen LogP contribution in [-0.4, -0.2) is 6.10 Å². The maximum Gasteiger partial charge on any atom is 0.169 e. The average molecular weight is 276 g/mol. The summed E-state index contributed by atoms with van der Waals surface area (Å²) in [5, 5.41) is 0. The lowest BCUT2D eigenvalue weighted by molar-refractivity contribution is -0.499. The van der Waals surface area contributed by atoms with Crippen molar-refractivity contribution < 1.29 is 9.07 Å². The maximum atomic E-state index is 5.55. The van der Waals surface area contributed by atoms with Crippen LogP contribution in [0.1, 0.15) is 25.0 Å². The highest BCUT2D eigenvalue weighted by Gasteiger charge is 1.98. The summed E-state index contributed by atoms with van der Waals surface area (Å²) >= 11 is 0. The Morgan fingerprint density at radius 3 is 2.05 bits per heavy atom. The van der Waals surface area contributed by atoms with E-state index >= 15 is 0 Å². The summed E-state index contributed by atoms with van der Waals surface area (Å²) in [7, 11) is 2.55. The predicted molar refractivity (Wildman–Crippen MR) is 83.4 cm³/mol. The average Bonchev–Trinajstić information content (AvgIpc) is 2.35. The number of nitrogens with zero attached hydrogens (tertiary/aromatic N) is 1. The van der Waals surface area contributed by atoms with Crippen molar-refractivity contribution in [3.63, 3.8) is 0 Å². The number of hydrogen-bond acceptors (Lipinski definition) is 1. The summed E-state index contributed by atoms with van der Waals surface area (Å²) in [6.45, 7) is 8.28. The monoisotopic (exact) mass is 276 g/mol. The zero-order valence-electron chi connectivity index (χ0n) is 12.1. The summed E-state index contributed by atoms with van der Waals surface area (Å²) in [6, 6.07) is 12.1. The van der Waals surface area contributed by atoms with E-state index in [2.05, 4.69) is 35.4 Å². The van der Waals surface area contributed by atoms with E-state index in [0.717, 1.165) is 5.75 Å². The molecule has 0 aliphatic rings. The molecule has 0 bridgehead atoms. The Labute approximate surface area is 118 Å². The molecule has 0 N–H and O–H groups in total. The second kappa shape index (κ2) is 7.91. The van der Waals surface area contributed by atoms with Crippen molar-refractivity contribution in [2.45, 2.75) is 33.8 Å². The maximum absolute atomic E-state index is 5.55. The fraction of sp³-hybridized carbons (Fsp3) is 0.312. The third-order valence-corrected chi connectivity index (χ3v) is 2.93. The lowest BCUT2D eigenvalue weighted by atomic mass is 10.1. The molecular formula is C16H23NOP+. The highest BCUT2D eigenvalue weighted by Crippen LogP contribution is 2.17. The van der Waals surface area contributed by atoms with Gasteiger partial charge in [-0.1, -0.05) is 12.1 Å². The minimum atomic E-state index is 0.257. The van der Waals surface area contributed by atoms with Gasteiger partial charge in [0, 0.05) is 12.1 Å². The van der Waals surface area contributed by atoms with Crippen molar-refractivity contribution in [2.24, 2.45) is 0 Å². The number of rotatable bonds is 2. The first-order valence-electron chi connectivity index (χ1n) is 6.44. The smallest absolute Gasteiger partial charge is 0.169 e. The molecule has 3 heteroatoms. The van der Waals surface area contributed by atoms with Gasteiger partial charge in [0.2, 0.25) is 0 Å². The van der Waals surface area contributed by atoms with E-state index in [1.54, 1.807) is 0 Å². The zero-order valence-corrected chi connectivity index (χ0v) is 13.3. The molecule has 19 heavy (non-hydrogen) atoms. The molecule has 1 unspecified atom stereocenters. The van der Waals surface area contributed by atoms with Crippen LogP contribution < -0.4 is 9.07 Å². The second-order valence-corrected chi connectivity index (χ2v) is 5.33. The minimum Gasteiger partial charge on any atom is -0.491 e. The molecule has 0 fully saturated rings. The summed E-state index contributed by atoms with van der Waals surface area (Å²) in [4.78, 5) is 0. The largest absolute Gasteiger partial charge is 0.491 e. The van der Waals surface area contributed by atoms with E-state index in [4.69, 9.17) is 4.74 Å². The lowest BCUT2D eigenvalue weighted by Crippen LogP contribution is -2.15. The third-order valence-electron chi connectivity index (χ3n) is 2.59. The molecule has 1 atom stereocenters. The number of aryl methyl sites for hydroxylation is 2. The number of ether oxygens (including phenoxy) is 1. The van der Waals surface area contributed by atoms with Gasteiger partial charge in [-0.25, -0.2) is 0 Å². The normalized spacial score (nSPS) is 9.79. The van der Waals surface area contributed by atoms with Crippen LogP contribution in [0.3, 0.4) is 0 Å². The number of benzene rings is 1. The van der Waals surface area contributed by atoms with Crippen molar-refractivity contribution in [1.82, 2.24) is 0 Å². The van der Waals surface area contributed by atoms with Crippen LogP contribution >= 0.6 is 9.39 Å². The molecule has 102 valence electrons. The molecule has 0 amide bonds. The van der Waals surface area contributed by atoms with Crippen molar-refractivity contribution >= 4 is 9.39 Å². The Morgan fingerprint density at radius 2 is 1.63 bits per heavy atom. The molecule has 0 saturated carbocycles. The van der Waals surface area contributed by atoms with Gasteiger partial charge in [0.15, 0.2) is 21.8 Å². The molecule has 0 radical (unpaired) electrons. The van der Waals surface area contributed by atoms with Gasteiger partial charge in [-0.15, -0.1) is 0 Å². The van der Waals surface area contributed by atoms with E-state index in [-0.39, 0.29) is 6.10 Å². The van der Waals surface area contributed by atoms with Crippen LogP contribution in [0.25, 0.3) is 0 Å². The fourth-order valence-corrected chi connectivity index (χ4v) is 1.67. The van der Waals surface area contributed by atoms with Crippen LogP contribution in [0.2, 0.25) is 0 Å². The van der Waals surface area contributed by atoms with Gasteiger partial charge in [0.1, 0.15) is 5.75 Å². The first kappa shape index (κ1) is 15.7. The van der Waals surface area contributed by atoms with E-state index in [1.165, 1.54) is 11.1 Å². The number of aromatic nitrogens is 1. The zero-order chi connectivity index (χ0) is 14.3. The molecule has 2 rings (SSSR count). The van der Waals surface area contributed by atoms with E-state index in [0.29, 0.717) is 0 Å². The Hall–Kier alpha value is -1.40. The molecule has 1 aromatic carbocycles. The van der Waals surface area contributed by atoms with Gasteiger partial charge >= 0.3 is 0 Å². The van der Waals surface area contributed by atoms with Crippen molar-refractivity contribution in [3.05, 3.63) is 59.9 Å². The van der Waals surface area contributed by atoms with Gasteiger partial charge in [-0.05, 0) is 51.0 Å². The van der Waals surface area contributed by atoms with Gasteiger partial charge in [-0.2, -0.15) is 4.34 Å². The van der Waals surface area contributed by atoms with Crippen LogP contribution in [0.15, 0.2) is 48.8 Å². The second-order valence-electron chi connectivity index (χ2n) is 4.74. The van der Waals surface area contributed by atoms with Crippen LogP contribution in [0, 0.1) is 13.8 Å². The third kappa shape index (κ3) is 6.35. The highest BCUT2D eigenvalue weighted by atomic mass is 31.0. The minimum absolute atomic E-state index is 0.257. The summed E-state index contributed by atoms with van der Waals surface area (Å²) < 4.78 is 7.47. The molecular weight excluding hydrogens is 253 g/mol. The molecule has 0 aliphatic heterocycles. The Kier molecular flexibility index (Phi) is 6.52. The molecule has 1 aromatic heterocycles. The molecule has 0 spiro atoms. The van der Waals surface area contributed by atoms with Gasteiger partial charge < -0.3 is 4.74 Å². The Balaban J connectivity index is 0.000000218. The first-order valence-corrected chi connectivity index (χ1v) is 6.96. The Morgan fingerprint density at radius 1 is 1.00 bits per heavy atom. The van der Waals surface area contributed by atoms with Crippen LogP contribution in [-0.2, 0) is 0 Å². The topological polar surface area (TPSA) is 13.1 Å². The first-order chi connectivity index (χ1) is 8.99. The molecule has 2 aromatic rings. The lowest BCUT2D eigenvalue weighted by Gasteiger charge is -2.10. The number of pyridine rings is 1. The summed E-state index contributed by atoms with van der Waals surface area (Å²) in [5.74, 6) is 0.966. The van der Waals surface area contributed by atoms with Crippen LogP contribution in [0.4, 0.5) is 0 Å². The van der Waals surface area contributed by atoms with E-state index in [9.17, 15) is 0 Å². The van der Waals surface area contributed by atoms with Crippen molar-refractivity contribution in [2.75, 3.05) is 0 Å². The molecule has 0 aliphatic carbocycles. The SMILES string of the molecule is Cc1ccc(OC(C)C)cc1C.P[n+]1ccccc1. The molecule has 1 heterocycles. The summed E-state index contributed by atoms with van der Waals surface area (Å²) in [5.41, 5.74) is 2.60. The van der Waals surface area contributed by atoms with Gasteiger partial charge in [0.25, 0.3) is 0 Å². The van der Waals surface area contributed by atoms with Crippen molar-refractivity contribution in [3.8, 4) is 5.75 Å². The molecule has 0 saturated heterocycles. The molecule has 2 nitrogen and oxygen atoms in total. The van der Waals surface area contributed by atoms with E-state index < -0.39 is 0 Å². The van der Waals surface area contributed by atoms with Gasteiger partial charge in [-0.3, -0.25) is 0 Å². The standard InChI is InChI=1S/C11H16O.C5H7NP/c1-8(2)12-11-6-5-9(3)10(4)7-11;7-6-4-2-1-3-5-6/h5-8H,1-4H3;1-5H,7H2/q;+1. The van der Waals surface area contributed by atoms with E-state index in [1.807, 2.05) is 54.8 Å². The predicted octanol–water partition coefficient (Wildman–Crippen LogP) is 3.70. The Bertz CT molecular complexity index is 497. The highest BCUT2D eigenvalue weighted by molar-refractivity contribution is 7.07. The quantitative estimate of drug-likeness (QED) is 0.762. The van der Waals surface area contributed by atoms with Crippen LogP contribution in [0.5, 0.6) is 5.75 Å². The van der Waals surface area contributed by atoms with Crippen molar-refractivity contribution in [1.29, 1.82) is 0 Å². The summed E-state index contributed by atoms with van der Waals surface area (Å²) in [6.07, 6.45) is 4.18. The fourth-order valence-electron chi connectivity index (χ4n) is 1.47. The van der Waals surface area contributed by atoms with Gasteiger partial charge in [0.05, 0.1) is 6.10 Å².